The summed E-state index contributed by atoms with van der Waals surface area (Å²) in [6, 6.07) is 9.41. The second-order valence-corrected chi connectivity index (χ2v) is 4.78. The summed E-state index contributed by atoms with van der Waals surface area (Å²) in [7, 11) is 0. The molecule has 4 nitrogen and oxygen atoms in total. The first-order chi connectivity index (χ1) is 8.66. The lowest BCUT2D eigenvalue weighted by atomic mass is 10.1. The number of hydrogen-bond acceptors (Lipinski definition) is 3. The molecule has 1 aromatic carbocycles. The maximum absolute atomic E-state index is 12.0. The maximum atomic E-state index is 12.0. The minimum Gasteiger partial charge on any atom is -0.376 e. The average molecular weight is 248 g/mol. The number of carbonyl (C=O) groups excluding carboxylic acids is 1. The number of rotatable bonds is 4. The van der Waals surface area contributed by atoms with Gasteiger partial charge in [0.15, 0.2) is 0 Å². The number of amides is 1. The highest BCUT2D eigenvalue weighted by Gasteiger charge is 2.27. The van der Waals surface area contributed by atoms with E-state index in [2.05, 4.69) is 5.32 Å². The molecule has 3 atom stereocenters. The van der Waals surface area contributed by atoms with E-state index in [1.165, 1.54) is 0 Å². The molecule has 1 heterocycles. The molecule has 2 unspecified atom stereocenters. The Labute approximate surface area is 108 Å². The monoisotopic (exact) mass is 248 g/mol. The minimum absolute atomic E-state index is 0.0814. The summed E-state index contributed by atoms with van der Waals surface area (Å²) in [6.45, 7) is 2.68. The van der Waals surface area contributed by atoms with E-state index in [0.29, 0.717) is 13.0 Å². The lowest BCUT2D eigenvalue weighted by Gasteiger charge is -2.19. The number of benzene rings is 1. The van der Waals surface area contributed by atoms with Crippen molar-refractivity contribution in [3.63, 3.8) is 0 Å². The van der Waals surface area contributed by atoms with Crippen LogP contribution < -0.4 is 11.1 Å². The van der Waals surface area contributed by atoms with E-state index in [4.69, 9.17) is 10.5 Å². The van der Waals surface area contributed by atoms with Gasteiger partial charge in [-0.25, -0.2) is 0 Å². The van der Waals surface area contributed by atoms with Crippen LogP contribution in [0.25, 0.3) is 0 Å². The molecule has 1 amide bonds. The van der Waals surface area contributed by atoms with Crippen molar-refractivity contribution in [1.82, 2.24) is 5.32 Å². The quantitative estimate of drug-likeness (QED) is 0.830. The summed E-state index contributed by atoms with van der Waals surface area (Å²) in [4.78, 5) is 12.0. The van der Waals surface area contributed by atoms with Crippen LogP contribution in [0.15, 0.2) is 30.3 Å². The predicted molar refractivity (Wildman–Crippen MR) is 70.1 cm³/mol. The number of ether oxygens (including phenoxy) is 1. The van der Waals surface area contributed by atoms with Crippen LogP contribution in [0.2, 0.25) is 0 Å². The molecule has 0 aliphatic carbocycles. The van der Waals surface area contributed by atoms with E-state index in [1.54, 1.807) is 0 Å². The van der Waals surface area contributed by atoms with Gasteiger partial charge in [-0.05, 0) is 25.3 Å². The summed E-state index contributed by atoms with van der Waals surface area (Å²) < 4.78 is 5.41. The van der Waals surface area contributed by atoms with E-state index in [-0.39, 0.29) is 18.1 Å². The lowest BCUT2D eigenvalue weighted by molar-refractivity contribution is -0.123. The van der Waals surface area contributed by atoms with Crippen LogP contribution in [-0.4, -0.2) is 30.7 Å². The fourth-order valence-electron chi connectivity index (χ4n) is 2.17. The Morgan fingerprint density at radius 1 is 1.50 bits per heavy atom. The third-order valence-corrected chi connectivity index (χ3v) is 3.34. The van der Waals surface area contributed by atoms with Crippen molar-refractivity contribution >= 4 is 5.91 Å². The molecule has 0 saturated carbocycles. The molecule has 0 aromatic heterocycles. The van der Waals surface area contributed by atoms with E-state index in [0.717, 1.165) is 12.0 Å². The van der Waals surface area contributed by atoms with Crippen LogP contribution in [-0.2, 0) is 16.0 Å². The molecule has 0 radical (unpaired) electrons. The van der Waals surface area contributed by atoms with Gasteiger partial charge in [-0.15, -0.1) is 0 Å². The minimum atomic E-state index is -0.500. The fraction of sp³-hybridized carbons (Fsp3) is 0.500. The first kappa shape index (κ1) is 13.1. The molecule has 1 aromatic rings. The van der Waals surface area contributed by atoms with E-state index in [1.807, 2.05) is 37.3 Å². The van der Waals surface area contributed by atoms with Crippen molar-refractivity contribution in [2.24, 2.45) is 5.73 Å². The van der Waals surface area contributed by atoms with E-state index in [9.17, 15) is 4.79 Å². The Hall–Kier alpha value is -1.39. The topological polar surface area (TPSA) is 64.3 Å². The molecular formula is C14H20N2O2. The third-order valence-electron chi connectivity index (χ3n) is 3.34. The van der Waals surface area contributed by atoms with Crippen molar-refractivity contribution in [2.45, 2.75) is 38.0 Å². The normalized spacial score (nSPS) is 24.8. The largest absolute Gasteiger partial charge is 0.376 e. The van der Waals surface area contributed by atoms with Gasteiger partial charge in [0.2, 0.25) is 5.91 Å². The average Bonchev–Trinajstić information content (AvgIpc) is 2.76. The highest BCUT2D eigenvalue weighted by Crippen LogP contribution is 2.12. The Kier molecular flexibility index (Phi) is 4.33. The van der Waals surface area contributed by atoms with Crippen molar-refractivity contribution in [1.29, 1.82) is 0 Å². The smallest absolute Gasteiger partial charge is 0.237 e. The maximum Gasteiger partial charge on any atom is 0.237 e. The molecule has 18 heavy (non-hydrogen) atoms. The van der Waals surface area contributed by atoms with Crippen LogP contribution in [0, 0.1) is 0 Å². The molecular weight excluding hydrogens is 228 g/mol. The fourth-order valence-corrected chi connectivity index (χ4v) is 2.17. The van der Waals surface area contributed by atoms with Gasteiger partial charge in [0.1, 0.15) is 0 Å². The zero-order valence-electron chi connectivity index (χ0n) is 10.6. The Balaban J connectivity index is 1.85. The Bertz CT molecular complexity index is 394. The first-order valence-electron chi connectivity index (χ1n) is 6.38. The van der Waals surface area contributed by atoms with Gasteiger partial charge in [0.05, 0.1) is 18.2 Å². The summed E-state index contributed by atoms with van der Waals surface area (Å²) >= 11 is 0. The molecule has 1 fully saturated rings. The van der Waals surface area contributed by atoms with Crippen molar-refractivity contribution < 1.29 is 9.53 Å². The van der Waals surface area contributed by atoms with Gasteiger partial charge >= 0.3 is 0 Å². The summed E-state index contributed by atoms with van der Waals surface area (Å²) in [6.07, 6.45) is 1.51. The van der Waals surface area contributed by atoms with Crippen LogP contribution >= 0.6 is 0 Å². The Morgan fingerprint density at radius 3 is 2.83 bits per heavy atom. The second kappa shape index (κ2) is 5.98. The molecule has 1 aliphatic heterocycles. The lowest BCUT2D eigenvalue weighted by Crippen LogP contribution is -2.48. The van der Waals surface area contributed by atoms with E-state index < -0.39 is 6.04 Å². The Morgan fingerprint density at radius 2 is 2.22 bits per heavy atom. The summed E-state index contributed by atoms with van der Waals surface area (Å²) in [5, 5.41) is 2.96. The highest BCUT2D eigenvalue weighted by atomic mass is 16.5. The first-order valence-corrected chi connectivity index (χ1v) is 6.38. The van der Waals surface area contributed by atoms with Crippen molar-refractivity contribution in [2.75, 3.05) is 6.61 Å². The molecule has 4 heteroatoms. The van der Waals surface area contributed by atoms with Gasteiger partial charge in [-0.1, -0.05) is 30.3 Å². The van der Waals surface area contributed by atoms with Gasteiger partial charge < -0.3 is 15.8 Å². The number of hydrogen-bond donors (Lipinski definition) is 2. The number of nitrogens with two attached hydrogens (primary N) is 1. The zero-order valence-corrected chi connectivity index (χ0v) is 10.6. The van der Waals surface area contributed by atoms with Crippen LogP contribution in [0.5, 0.6) is 0 Å². The SMILES string of the molecule is CC1OCCC1NC(=O)[C@H](N)Cc1ccccc1. The van der Waals surface area contributed by atoms with Gasteiger partial charge in [0, 0.05) is 6.61 Å². The van der Waals surface area contributed by atoms with Crippen LogP contribution in [0.3, 0.4) is 0 Å². The molecule has 0 spiro atoms. The molecule has 0 bridgehead atoms. The molecule has 3 N–H and O–H groups in total. The molecule has 1 saturated heterocycles. The number of carbonyl (C=O) groups is 1. The van der Waals surface area contributed by atoms with E-state index >= 15 is 0 Å². The second-order valence-electron chi connectivity index (χ2n) is 4.78. The summed E-state index contributed by atoms with van der Waals surface area (Å²) in [5.74, 6) is -0.0961. The third kappa shape index (κ3) is 3.31. The molecule has 2 rings (SSSR count). The van der Waals surface area contributed by atoms with Gasteiger partial charge in [-0.3, -0.25) is 4.79 Å². The predicted octanol–water partition coefficient (Wildman–Crippen LogP) is 0.850. The standard InChI is InChI=1S/C14H20N2O2/c1-10-13(7-8-18-10)16-14(17)12(15)9-11-5-3-2-4-6-11/h2-6,10,12-13H,7-9,15H2,1H3,(H,16,17)/t10?,12-,13?/m1/s1. The van der Waals surface area contributed by atoms with Crippen LogP contribution in [0.4, 0.5) is 0 Å². The van der Waals surface area contributed by atoms with Crippen LogP contribution in [0.1, 0.15) is 18.9 Å². The highest BCUT2D eigenvalue weighted by molar-refractivity contribution is 5.82. The van der Waals surface area contributed by atoms with Crippen molar-refractivity contribution in [3.8, 4) is 0 Å². The molecule has 98 valence electrons. The summed E-state index contributed by atoms with van der Waals surface area (Å²) in [5.41, 5.74) is 7.00. The van der Waals surface area contributed by atoms with Crippen molar-refractivity contribution in [3.05, 3.63) is 35.9 Å². The molecule has 1 aliphatic rings. The zero-order chi connectivity index (χ0) is 13.0. The van der Waals surface area contributed by atoms with Gasteiger partial charge in [0.25, 0.3) is 0 Å². The number of nitrogens with one attached hydrogen (secondary N) is 1. The van der Waals surface area contributed by atoms with Gasteiger partial charge in [-0.2, -0.15) is 0 Å².